The number of hydrogen-bond donors (Lipinski definition) is 0. The second-order valence-corrected chi connectivity index (χ2v) is 11.9. The lowest BCUT2D eigenvalue weighted by Crippen LogP contribution is -2.16. The van der Waals surface area contributed by atoms with Gasteiger partial charge in [0.15, 0.2) is 0 Å². The molecule has 0 fully saturated rings. The van der Waals surface area contributed by atoms with Crippen molar-refractivity contribution in [2.45, 2.75) is 19.3 Å². The van der Waals surface area contributed by atoms with Crippen LogP contribution in [0.5, 0.6) is 0 Å². The minimum absolute atomic E-state index is 0.0463. The zero-order chi connectivity index (χ0) is 24.4. The van der Waals surface area contributed by atoms with Crippen LogP contribution in [0.15, 0.2) is 114 Å². The smallest absolute Gasteiger partial charge is 0.0479 e. The molecule has 0 atom stereocenters. The molecule has 0 saturated carbocycles. The first kappa shape index (κ1) is 21.8. The van der Waals surface area contributed by atoms with Crippen molar-refractivity contribution in [3.63, 3.8) is 0 Å². The molecule has 174 valence electrons. The molecule has 6 aromatic rings. The van der Waals surface area contributed by atoms with Crippen molar-refractivity contribution in [1.29, 1.82) is 0 Å². The zero-order valence-electron chi connectivity index (χ0n) is 20.1. The number of thiophene rings is 1. The van der Waals surface area contributed by atoms with Crippen LogP contribution in [0.1, 0.15) is 25.0 Å². The highest BCUT2D eigenvalue weighted by Gasteiger charge is 2.37. The minimum atomic E-state index is -0.0463. The molecule has 0 N–H and O–H groups in total. The van der Waals surface area contributed by atoms with Gasteiger partial charge in [-0.05, 0) is 70.8 Å². The van der Waals surface area contributed by atoms with Crippen LogP contribution in [0, 0.1) is 0 Å². The van der Waals surface area contributed by atoms with Crippen molar-refractivity contribution in [3.8, 4) is 11.1 Å². The number of anilines is 3. The van der Waals surface area contributed by atoms with Gasteiger partial charge in [-0.25, -0.2) is 0 Å². The quantitative estimate of drug-likeness (QED) is 0.213. The molecule has 0 bridgehead atoms. The molecule has 1 aromatic heterocycles. The predicted molar refractivity (Wildman–Crippen MR) is 159 cm³/mol. The van der Waals surface area contributed by atoms with E-state index < -0.39 is 0 Å². The van der Waals surface area contributed by atoms with Gasteiger partial charge in [-0.2, -0.15) is 0 Å². The maximum Gasteiger partial charge on any atom is 0.0479 e. The first-order valence-electron chi connectivity index (χ1n) is 12.2. The summed E-state index contributed by atoms with van der Waals surface area (Å²) in [5.41, 5.74) is 8.79. The summed E-state index contributed by atoms with van der Waals surface area (Å²) in [4.78, 5) is 2.38. The van der Waals surface area contributed by atoms with Crippen LogP contribution in [0.25, 0.3) is 31.3 Å². The van der Waals surface area contributed by atoms with E-state index in [9.17, 15) is 0 Å². The second kappa shape index (κ2) is 8.06. The monoisotopic (exact) mass is 545 g/mol. The Morgan fingerprint density at radius 3 is 2.19 bits per heavy atom. The predicted octanol–water partition coefficient (Wildman–Crippen LogP) is 10.6. The van der Waals surface area contributed by atoms with Crippen molar-refractivity contribution >= 4 is 64.5 Å². The van der Waals surface area contributed by atoms with E-state index in [1.54, 1.807) is 0 Å². The zero-order valence-corrected chi connectivity index (χ0v) is 22.5. The van der Waals surface area contributed by atoms with Crippen molar-refractivity contribution in [2.75, 3.05) is 4.90 Å². The molecule has 0 saturated heterocycles. The second-order valence-electron chi connectivity index (χ2n) is 9.97. The molecule has 7 rings (SSSR count). The van der Waals surface area contributed by atoms with Crippen LogP contribution in [0.3, 0.4) is 0 Å². The Bertz CT molecular complexity index is 1780. The molecule has 1 heterocycles. The van der Waals surface area contributed by atoms with Crippen molar-refractivity contribution in [2.24, 2.45) is 0 Å². The van der Waals surface area contributed by atoms with Gasteiger partial charge < -0.3 is 4.90 Å². The molecule has 1 aliphatic carbocycles. The van der Waals surface area contributed by atoms with E-state index >= 15 is 0 Å². The molecule has 0 unspecified atom stereocenters. The molecular weight excluding hydrogens is 522 g/mol. The molecule has 1 aliphatic rings. The van der Waals surface area contributed by atoms with E-state index in [2.05, 4.69) is 144 Å². The number of rotatable bonds is 3. The summed E-state index contributed by atoms with van der Waals surface area (Å²) in [7, 11) is 0. The summed E-state index contributed by atoms with van der Waals surface area (Å²) in [6.07, 6.45) is 0. The third-order valence-corrected chi connectivity index (χ3v) is 9.26. The fraction of sp³-hybridized carbons (Fsp3) is 0.0909. The standard InChI is InChI=1S/C33H24BrNS/c1-33(2)28-14-8-6-12-24(28)27-19-23(20-29(34)32(27)33)35(21-10-4-3-5-11-21)22-16-17-31-26(18-22)25-13-7-9-15-30(25)36-31/h3-20H,1-2H3. The lowest BCUT2D eigenvalue weighted by molar-refractivity contribution is 0.657. The fourth-order valence-electron chi connectivity index (χ4n) is 5.84. The normalized spacial score (nSPS) is 13.6. The number of halogens is 1. The van der Waals surface area contributed by atoms with Gasteiger partial charge in [0.25, 0.3) is 0 Å². The number of hydrogen-bond acceptors (Lipinski definition) is 2. The summed E-state index contributed by atoms with van der Waals surface area (Å²) >= 11 is 5.85. The lowest BCUT2D eigenvalue weighted by Gasteiger charge is -2.28. The van der Waals surface area contributed by atoms with E-state index in [4.69, 9.17) is 0 Å². The third-order valence-electron chi connectivity index (χ3n) is 7.48. The van der Waals surface area contributed by atoms with Gasteiger partial charge in [-0.15, -0.1) is 11.3 Å². The SMILES string of the molecule is CC1(C)c2ccccc2-c2cc(N(c3ccccc3)c3ccc4sc5ccccc5c4c3)cc(Br)c21. The Kier molecular flexibility index (Phi) is 4.89. The number of fused-ring (bicyclic) bond motifs is 6. The minimum Gasteiger partial charge on any atom is -0.310 e. The summed E-state index contributed by atoms with van der Waals surface area (Å²) in [6, 6.07) is 39.7. The maximum absolute atomic E-state index is 3.99. The number of nitrogens with zero attached hydrogens (tertiary/aromatic N) is 1. The summed E-state index contributed by atoms with van der Waals surface area (Å²) in [6.45, 7) is 4.65. The van der Waals surface area contributed by atoms with Gasteiger partial charge in [0, 0.05) is 47.1 Å². The molecule has 0 radical (unpaired) electrons. The van der Waals surface area contributed by atoms with Crippen LogP contribution in [0.4, 0.5) is 17.1 Å². The molecule has 5 aromatic carbocycles. The Labute approximate surface area is 223 Å². The van der Waals surface area contributed by atoms with Crippen LogP contribution >= 0.6 is 27.3 Å². The lowest BCUT2D eigenvalue weighted by atomic mass is 9.82. The third kappa shape index (κ3) is 3.20. The highest BCUT2D eigenvalue weighted by atomic mass is 79.9. The molecule has 36 heavy (non-hydrogen) atoms. The van der Waals surface area contributed by atoms with Gasteiger partial charge in [-0.3, -0.25) is 0 Å². The number of para-hydroxylation sites is 1. The average Bonchev–Trinajstić information content (AvgIpc) is 3.38. The molecule has 0 aliphatic heterocycles. The Morgan fingerprint density at radius 1 is 0.611 bits per heavy atom. The van der Waals surface area contributed by atoms with Gasteiger partial charge >= 0.3 is 0 Å². The molecular formula is C33H24BrNS. The van der Waals surface area contributed by atoms with Gasteiger partial charge in [0.2, 0.25) is 0 Å². The Hall–Kier alpha value is -3.40. The van der Waals surface area contributed by atoms with Gasteiger partial charge in [-0.1, -0.05) is 90.4 Å². The molecule has 1 nitrogen and oxygen atoms in total. The van der Waals surface area contributed by atoms with Crippen molar-refractivity contribution < 1.29 is 0 Å². The average molecular weight is 547 g/mol. The largest absolute Gasteiger partial charge is 0.310 e. The summed E-state index contributed by atoms with van der Waals surface area (Å²) in [5.74, 6) is 0. The Balaban J connectivity index is 1.48. The molecule has 3 heteroatoms. The topological polar surface area (TPSA) is 3.24 Å². The van der Waals surface area contributed by atoms with Crippen molar-refractivity contribution in [1.82, 2.24) is 0 Å². The van der Waals surface area contributed by atoms with Crippen LogP contribution in [-0.4, -0.2) is 0 Å². The van der Waals surface area contributed by atoms with Crippen molar-refractivity contribution in [3.05, 3.63) is 125 Å². The highest BCUT2D eigenvalue weighted by Crippen LogP contribution is 2.53. The van der Waals surface area contributed by atoms with Crippen LogP contribution < -0.4 is 4.90 Å². The van der Waals surface area contributed by atoms with E-state index in [1.807, 2.05) is 11.3 Å². The summed E-state index contributed by atoms with van der Waals surface area (Å²) in [5, 5.41) is 2.62. The first-order valence-corrected chi connectivity index (χ1v) is 13.8. The molecule has 0 spiro atoms. The highest BCUT2D eigenvalue weighted by molar-refractivity contribution is 9.10. The number of benzene rings is 5. The van der Waals surface area contributed by atoms with E-state index in [1.165, 1.54) is 42.4 Å². The fourth-order valence-corrected chi connectivity index (χ4v) is 7.87. The van der Waals surface area contributed by atoms with Crippen LogP contribution in [0.2, 0.25) is 0 Å². The van der Waals surface area contributed by atoms with Gasteiger partial charge in [0.1, 0.15) is 0 Å². The van der Waals surface area contributed by atoms with Crippen LogP contribution in [-0.2, 0) is 5.41 Å². The first-order chi connectivity index (χ1) is 17.5. The van der Waals surface area contributed by atoms with Gasteiger partial charge in [0.05, 0.1) is 0 Å². The molecule has 0 amide bonds. The maximum atomic E-state index is 3.99. The van der Waals surface area contributed by atoms with E-state index in [-0.39, 0.29) is 5.41 Å². The van der Waals surface area contributed by atoms with E-state index in [0.29, 0.717) is 0 Å². The summed E-state index contributed by atoms with van der Waals surface area (Å²) < 4.78 is 3.80. The van der Waals surface area contributed by atoms with E-state index in [0.717, 1.165) is 21.5 Å². The Morgan fingerprint density at radius 2 is 1.33 bits per heavy atom.